The number of carboxylic acid groups (broad SMARTS) is 1. The molecule has 5 aromatic rings. The summed E-state index contributed by atoms with van der Waals surface area (Å²) < 4.78 is 8.23. The molecule has 3 heterocycles. The minimum Gasteiger partial charge on any atom is -0.465 e. The zero-order valence-corrected chi connectivity index (χ0v) is 22.2. The summed E-state index contributed by atoms with van der Waals surface area (Å²) in [4.78, 5) is 22.9. The van der Waals surface area contributed by atoms with Gasteiger partial charge >= 0.3 is 6.09 Å². The number of benzene rings is 2. The van der Waals surface area contributed by atoms with Gasteiger partial charge in [0, 0.05) is 36.3 Å². The van der Waals surface area contributed by atoms with Gasteiger partial charge in [-0.1, -0.05) is 49.1 Å². The smallest absolute Gasteiger partial charge is 0.404 e. The molecule has 0 atom stereocenters. The van der Waals surface area contributed by atoms with Crippen LogP contribution in [-0.4, -0.2) is 37.8 Å². The summed E-state index contributed by atoms with van der Waals surface area (Å²) in [6.07, 6.45) is 8.76. The lowest BCUT2D eigenvalue weighted by Crippen LogP contribution is -2.13. The first-order valence-electron chi connectivity index (χ1n) is 12.8. The highest BCUT2D eigenvalue weighted by atomic mass is 35.5. The van der Waals surface area contributed by atoms with Crippen molar-refractivity contribution in [2.45, 2.75) is 38.1 Å². The molecule has 39 heavy (non-hydrogen) atoms. The van der Waals surface area contributed by atoms with Crippen molar-refractivity contribution in [3.63, 3.8) is 0 Å². The Bertz CT molecular complexity index is 1620. The number of nitrogen functional groups attached to an aromatic ring is 1. The second-order valence-corrected chi connectivity index (χ2v) is 9.75. The molecule has 0 spiro atoms. The van der Waals surface area contributed by atoms with Gasteiger partial charge in [-0.05, 0) is 48.7 Å². The number of anilines is 1. The minimum atomic E-state index is -0.995. The molecular weight excluding hydrogens is 516 g/mol. The van der Waals surface area contributed by atoms with Gasteiger partial charge in [-0.15, -0.1) is 0 Å². The summed E-state index contributed by atoms with van der Waals surface area (Å²) in [5, 5.41) is 11.9. The number of nitrogens with one attached hydrogen (secondary N) is 1. The highest BCUT2D eigenvalue weighted by Gasteiger charge is 2.22. The maximum absolute atomic E-state index is 9.26. The molecular formula is C29H29ClN6O3. The van der Waals surface area contributed by atoms with Gasteiger partial charge in [0.15, 0.2) is 0 Å². The van der Waals surface area contributed by atoms with Gasteiger partial charge in [0.05, 0.1) is 15.9 Å². The summed E-state index contributed by atoms with van der Waals surface area (Å²) in [6, 6.07) is 17.8. The van der Waals surface area contributed by atoms with E-state index in [4.69, 9.17) is 32.2 Å². The number of ether oxygens (including phenoxy) is 1. The number of fused-ring (bicyclic) bond motifs is 2. The second-order valence-electron chi connectivity index (χ2n) is 9.34. The van der Waals surface area contributed by atoms with Crippen molar-refractivity contribution in [2.75, 3.05) is 12.8 Å². The summed E-state index contributed by atoms with van der Waals surface area (Å²) in [5.74, 6) is 1.72. The van der Waals surface area contributed by atoms with Gasteiger partial charge in [-0.2, -0.15) is 0 Å². The average molecular weight is 545 g/mol. The number of hydrogen-bond acceptors (Lipinski definition) is 6. The summed E-state index contributed by atoms with van der Waals surface area (Å²) in [7, 11) is 1.35. The van der Waals surface area contributed by atoms with E-state index in [1.807, 2.05) is 59.9 Å². The fourth-order valence-corrected chi connectivity index (χ4v) is 5.24. The predicted octanol–water partition coefficient (Wildman–Crippen LogP) is 7.06. The van der Waals surface area contributed by atoms with E-state index in [0.29, 0.717) is 22.8 Å². The Hall–Kier alpha value is -4.37. The van der Waals surface area contributed by atoms with Crippen LogP contribution in [0, 0.1) is 0 Å². The lowest BCUT2D eigenvalue weighted by molar-refractivity contribution is 0.197. The van der Waals surface area contributed by atoms with E-state index in [9.17, 15) is 4.79 Å². The average Bonchev–Trinajstić information content (AvgIpc) is 3.35. The van der Waals surface area contributed by atoms with Gasteiger partial charge in [0.25, 0.3) is 0 Å². The first kappa shape index (κ1) is 26.2. The van der Waals surface area contributed by atoms with Crippen molar-refractivity contribution < 1.29 is 14.6 Å². The molecule has 1 saturated carbocycles. The maximum atomic E-state index is 9.26. The van der Waals surface area contributed by atoms with E-state index in [-0.39, 0.29) is 0 Å². The molecule has 200 valence electrons. The summed E-state index contributed by atoms with van der Waals surface area (Å²) in [6.45, 7) is 0. The molecule has 0 saturated heterocycles. The Morgan fingerprint density at radius 1 is 1.10 bits per heavy atom. The maximum Gasteiger partial charge on any atom is 0.404 e. The number of halogens is 1. The highest BCUT2D eigenvalue weighted by molar-refractivity contribution is 6.35. The Morgan fingerprint density at radius 2 is 1.85 bits per heavy atom. The first-order valence-corrected chi connectivity index (χ1v) is 13.2. The molecule has 6 rings (SSSR count). The van der Waals surface area contributed by atoms with E-state index in [1.54, 1.807) is 6.33 Å². The van der Waals surface area contributed by atoms with Gasteiger partial charge in [0.2, 0.25) is 5.88 Å². The third kappa shape index (κ3) is 5.73. The van der Waals surface area contributed by atoms with Crippen LogP contribution in [0.25, 0.3) is 33.1 Å². The Morgan fingerprint density at radius 3 is 2.56 bits per heavy atom. The van der Waals surface area contributed by atoms with Crippen LogP contribution < -0.4 is 15.8 Å². The topological polar surface area (TPSA) is 128 Å². The lowest BCUT2D eigenvalue weighted by atomic mass is 9.95. The van der Waals surface area contributed by atoms with E-state index in [1.165, 1.54) is 26.3 Å². The number of para-hydroxylation sites is 1. The zero-order valence-electron chi connectivity index (χ0n) is 21.5. The van der Waals surface area contributed by atoms with Gasteiger partial charge < -0.3 is 25.5 Å². The van der Waals surface area contributed by atoms with Crippen molar-refractivity contribution >= 4 is 45.4 Å². The summed E-state index contributed by atoms with van der Waals surface area (Å²) >= 11 is 6.72. The molecule has 1 aliphatic rings. The Balaban J connectivity index is 0.000000567. The summed E-state index contributed by atoms with van der Waals surface area (Å²) in [5.41, 5.74) is 9.90. The molecule has 0 aliphatic heterocycles. The SMILES string of the molecule is CNC(=O)O.Nc1ncnc2c1c(-c1cc(Cl)c3ccc(Oc4ccccc4)nc3c1)cn2C1CCCCC1. The number of nitrogens with zero attached hydrogens (tertiary/aromatic N) is 4. The number of hydrogen-bond donors (Lipinski definition) is 3. The van der Waals surface area contributed by atoms with E-state index < -0.39 is 6.09 Å². The molecule has 3 aromatic heterocycles. The van der Waals surface area contributed by atoms with Crippen molar-refractivity contribution in [3.05, 3.63) is 72.1 Å². The van der Waals surface area contributed by atoms with Crippen LogP contribution in [0.4, 0.5) is 10.6 Å². The third-order valence-corrected chi connectivity index (χ3v) is 7.14. The van der Waals surface area contributed by atoms with Gasteiger partial charge in [0.1, 0.15) is 23.5 Å². The Kier molecular flexibility index (Phi) is 7.79. The first-order chi connectivity index (χ1) is 18.9. The van der Waals surface area contributed by atoms with Crippen molar-refractivity contribution in [2.24, 2.45) is 0 Å². The van der Waals surface area contributed by atoms with Crippen molar-refractivity contribution in [1.29, 1.82) is 0 Å². The molecule has 1 amide bonds. The molecule has 4 N–H and O–H groups in total. The van der Waals surface area contributed by atoms with E-state index >= 15 is 0 Å². The second kappa shape index (κ2) is 11.6. The zero-order chi connectivity index (χ0) is 27.4. The molecule has 0 unspecified atom stereocenters. The van der Waals surface area contributed by atoms with Gasteiger partial charge in [-0.25, -0.2) is 19.7 Å². The number of amides is 1. The minimum absolute atomic E-state index is 0.416. The highest BCUT2D eigenvalue weighted by Crippen LogP contribution is 2.40. The van der Waals surface area contributed by atoms with E-state index in [2.05, 4.69) is 20.7 Å². The van der Waals surface area contributed by atoms with Crippen LogP contribution >= 0.6 is 11.6 Å². The number of nitrogens with two attached hydrogens (primary N) is 1. The normalized spacial score (nSPS) is 13.6. The quantitative estimate of drug-likeness (QED) is 0.221. The van der Waals surface area contributed by atoms with Gasteiger partial charge in [-0.3, -0.25) is 0 Å². The largest absolute Gasteiger partial charge is 0.465 e. The standard InChI is InChI=1S/C27H24ClN5O.C2H5NO2/c28-22-13-17(14-23-20(22)11-12-24(32-23)34-19-9-5-2-6-10-19)21-15-33(18-7-3-1-4-8-18)27-25(21)26(29)30-16-31-27;1-3-2(4)5/h2,5-6,9-16,18H,1,3-4,7-8H2,(H2,29,30,31);3H,1H3,(H,4,5). The Labute approximate surface area is 230 Å². The monoisotopic (exact) mass is 544 g/mol. The van der Waals surface area contributed by atoms with Crippen LogP contribution in [0.3, 0.4) is 0 Å². The molecule has 1 aliphatic carbocycles. The number of rotatable bonds is 4. The van der Waals surface area contributed by atoms with Crippen LogP contribution in [0.5, 0.6) is 11.6 Å². The third-order valence-electron chi connectivity index (χ3n) is 6.83. The lowest BCUT2D eigenvalue weighted by Gasteiger charge is -2.23. The van der Waals surface area contributed by atoms with Crippen LogP contribution in [0.15, 0.2) is 67.1 Å². The molecule has 0 bridgehead atoms. The number of aromatic nitrogens is 4. The molecule has 10 heteroatoms. The predicted molar refractivity (Wildman–Crippen MR) is 153 cm³/mol. The number of carbonyl (C=O) groups is 1. The van der Waals surface area contributed by atoms with Crippen LogP contribution in [-0.2, 0) is 0 Å². The molecule has 1 fully saturated rings. The fraction of sp³-hybridized carbons (Fsp3) is 0.241. The molecule has 0 radical (unpaired) electrons. The van der Waals surface area contributed by atoms with Crippen LogP contribution in [0.2, 0.25) is 5.02 Å². The molecule has 2 aromatic carbocycles. The fourth-order valence-electron chi connectivity index (χ4n) is 4.96. The number of pyridine rings is 1. The van der Waals surface area contributed by atoms with Crippen LogP contribution in [0.1, 0.15) is 38.1 Å². The molecule has 9 nitrogen and oxygen atoms in total. The van der Waals surface area contributed by atoms with E-state index in [0.717, 1.165) is 51.7 Å². The van der Waals surface area contributed by atoms with Crippen molar-refractivity contribution in [3.8, 4) is 22.8 Å². The van der Waals surface area contributed by atoms with Crippen molar-refractivity contribution in [1.82, 2.24) is 24.8 Å².